The van der Waals surface area contributed by atoms with Gasteiger partial charge in [0.05, 0.1) is 25.7 Å². The number of ether oxygens (including phenoxy) is 2. The lowest BCUT2D eigenvalue weighted by atomic mass is 9.74. The van der Waals surface area contributed by atoms with Gasteiger partial charge in [-0.05, 0) is 90.9 Å². The van der Waals surface area contributed by atoms with Crippen molar-refractivity contribution in [1.82, 2.24) is 5.32 Å². The number of halogens is 3. The molecule has 0 heterocycles. The summed E-state index contributed by atoms with van der Waals surface area (Å²) in [4.78, 5) is 24.0. The van der Waals surface area contributed by atoms with Crippen molar-refractivity contribution in [2.24, 2.45) is 0 Å². The molecule has 0 spiro atoms. The Kier molecular flexibility index (Phi) is 12.2. The summed E-state index contributed by atoms with van der Waals surface area (Å²) in [6, 6.07) is 16.6. The van der Waals surface area contributed by atoms with Gasteiger partial charge in [0.15, 0.2) is 0 Å². The predicted molar refractivity (Wildman–Crippen MR) is 168 cm³/mol. The number of esters is 1. The fraction of sp³-hybridized carbons (Fsp3) is 0.389. The van der Waals surface area contributed by atoms with Crippen LogP contribution in [0.5, 0.6) is 5.75 Å². The molecule has 1 atom stereocenters. The standard InChI is InChI=1S/C36H42F3NO4/c1-6-8-9-20-35(19-7-2,29-14-12-28(13-15-29)34(42)40-21-18-32(41)43-5)24-44-31-22-25(3)33(26(4)23-31)27-10-16-30(17-11-27)36(37,38)39/h7,10-17,22-23H,2,6,8-9,18-21,24H2,1,3-5H3,(H,40,42). The highest BCUT2D eigenvalue weighted by atomic mass is 19.4. The molecule has 0 aliphatic carbocycles. The van der Waals surface area contributed by atoms with Crippen LogP contribution in [0, 0.1) is 13.8 Å². The number of methoxy groups -OCH3 is 1. The Balaban J connectivity index is 1.84. The summed E-state index contributed by atoms with van der Waals surface area (Å²) < 4.78 is 50.3. The van der Waals surface area contributed by atoms with Crippen molar-refractivity contribution >= 4 is 11.9 Å². The summed E-state index contributed by atoms with van der Waals surface area (Å²) in [5, 5.41) is 2.74. The van der Waals surface area contributed by atoms with Gasteiger partial charge in [-0.15, -0.1) is 6.58 Å². The lowest BCUT2D eigenvalue weighted by Crippen LogP contribution is -2.33. The summed E-state index contributed by atoms with van der Waals surface area (Å²) in [7, 11) is 1.31. The molecular weight excluding hydrogens is 567 g/mol. The maximum atomic E-state index is 13.1. The Morgan fingerprint density at radius 1 is 0.932 bits per heavy atom. The van der Waals surface area contributed by atoms with Gasteiger partial charge in [0.25, 0.3) is 5.91 Å². The second-order valence-corrected chi connectivity index (χ2v) is 11.2. The van der Waals surface area contributed by atoms with E-state index in [4.69, 9.17) is 4.74 Å². The van der Waals surface area contributed by atoms with E-state index in [-0.39, 0.29) is 30.3 Å². The topological polar surface area (TPSA) is 64.6 Å². The van der Waals surface area contributed by atoms with E-state index in [1.54, 1.807) is 12.1 Å². The Hall–Kier alpha value is -4.07. The smallest absolute Gasteiger partial charge is 0.416 e. The first-order chi connectivity index (χ1) is 20.9. The Bertz CT molecular complexity index is 1390. The normalized spacial score (nSPS) is 12.7. The SMILES string of the molecule is C=CCC(CCCCC)(COc1cc(C)c(-c2ccc(C(F)(F)F)cc2)c(C)c1)c1ccc(C(=O)NCCC(=O)OC)cc1. The average molecular weight is 610 g/mol. The molecule has 3 rings (SSSR count). The van der Waals surface area contributed by atoms with Crippen LogP contribution in [-0.4, -0.2) is 32.1 Å². The van der Waals surface area contributed by atoms with Crippen molar-refractivity contribution in [3.05, 3.63) is 101 Å². The van der Waals surface area contributed by atoms with Crippen LogP contribution >= 0.6 is 0 Å². The summed E-state index contributed by atoms with van der Waals surface area (Å²) in [5.41, 5.74) is 3.88. The number of nitrogens with one attached hydrogen (secondary N) is 1. The van der Waals surface area contributed by atoms with E-state index in [1.807, 2.05) is 44.2 Å². The molecule has 3 aromatic carbocycles. The fourth-order valence-electron chi connectivity index (χ4n) is 5.54. The van der Waals surface area contributed by atoms with Gasteiger partial charge in [0.1, 0.15) is 5.75 Å². The molecule has 0 radical (unpaired) electrons. The van der Waals surface area contributed by atoms with E-state index in [0.29, 0.717) is 24.3 Å². The number of aryl methyl sites for hydroxylation is 2. The fourth-order valence-corrected chi connectivity index (χ4v) is 5.54. The maximum absolute atomic E-state index is 13.1. The number of carbonyl (C=O) groups excluding carboxylic acids is 2. The van der Waals surface area contributed by atoms with Crippen LogP contribution in [0.1, 0.15) is 78.1 Å². The molecule has 0 aliphatic rings. The maximum Gasteiger partial charge on any atom is 0.416 e. The molecular formula is C36H42F3NO4. The molecule has 1 amide bonds. The second-order valence-electron chi connectivity index (χ2n) is 11.2. The number of rotatable bonds is 15. The molecule has 0 aliphatic heterocycles. The van der Waals surface area contributed by atoms with Crippen LogP contribution in [0.15, 0.2) is 73.3 Å². The molecule has 0 aromatic heterocycles. The zero-order valence-electron chi connectivity index (χ0n) is 26.0. The van der Waals surface area contributed by atoms with Gasteiger partial charge >= 0.3 is 12.1 Å². The number of benzene rings is 3. The quantitative estimate of drug-likeness (QED) is 0.106. The third-order valence-electron chi connectivity index (χ3n) is 7.92. The van der Waals surface area contributed by atoms with Crippen LogP contribution in [0.3, 0.4) is 0 Å². The minimum Gasteiger partial charge on any atom is -0.493 e. The third-order valence-corrected chi connectivity index (χ3v) is 7.92. The third kappa shape index (κ3) is 8.97. The van der Waals surface area contributed by atoms with Crippen molar-refractivity contribution in [2.45, 2.75) is 70.9 Å². The largest absolute Gasteiger partial charge is 0.493 e. The summed E-state index contributed by atoms with van der Waals surface area (Å²) in [6.07, 6.45) is 2.28. The highest BCUT2D eigenvalue weighted by Gasteiger charge is 2.32. The molecule has 236 valence electrons. The van der Waals surface area contributed by atoms with Gasteiger partial charge in [0.2, 0.25) is 0 Å². The first kappa shape index (κ1) is 34.4. The molecule has 3 aromatic rings. The second kappa shape index (κ2) is 15.6. The molecule has 1 unspecified atom stereocenters. The molecule has 0 saturated heterocycles. The van der Waals surface area contributed by atoms with Crippen molar-refractivity contribution in [3.63, 3.8) is 0 Å². The van der Waals surface area contributed by atoms with Gasteiger partial charge in [0, 0.05) is 17.5 Å². The van der Waals surface area contributed by atoms with Crippen LogP contribution < -0.4 is 10.1 Å². The average Bonchev–Trinajstić information content (AvgIpc) is 2.99. The van der Waals surface area contributed by atoms with Gasteiger partial charge in [-0.1, -0.05) is 56.5 Å². The van der Waals surface area contributed by atoms with E-state index >= 15 is 0 Å². The highest BCUT2D eigenvalue weighted by molar-refractivity contribution is 5.94. The summed E-state index contributed by atoms with van der Waals surface area (Å²) >= 11 is 0. The van der Waals surface area contributed by atoms with Crippen molar-refractivity contribution < 1.29 is 32.2 Å². The number of alkyl halides is 3. The Morgan fingerprint density at radius 3 is 2.09 bits per heavy atom. The number of unbranched alkanes of at least 4 members (excludes halogenated alkanes) is 2. The number of carbonyl (C=O) groups is 2. The molecule has 1 N–H and O–H groups in total. The van der Waals surface area contributed by atoms with E-state index in [1.165, 1.54) is 19.2 Å². The van der Waals surface area contributed by atoms with Gasteiger partial charge in [-0.3, -0.25) is 9.59 Å². The first-order valence-electron chi connectivity index (χ1n) is 14.9. The molecule has 5 nitrogen and oxygen atoms in total. The number of allylic oxidation sites excluding steroid dienone is 1. The van der Waals surface area contributed by atoms with E-state index in [9.17, 15) is 22.8 Å². The highest BCUT2D eigenvalue weighted by Crippen LogP contribution is 2.38. The molecule has 8 heteroatoms. The molecule has 0 fully saturated rings. The van der Waals surface area contributed by atoms with Crippen LogP contribution in [-0.2, 0) is 21.1 Å². The van der Waals surface area contributed by atoms with Crippen LogP contribution in [0.25, 0.3) is 11.1 Å². The first-order valence-corrected chi connectivity index (χ1v) is 14.9. The number of amides is 1. The van der Waals surface area contributed by atoms with Gasteiger partial charge in [-0.25, -0.2) is 0 Å². The van der Waals surface area contributed by atoms with Crippen molar-refractivity contribution in [2.75, 3.05) is 20.3 Å². The molecule has 44 heavy (non-hydrogen) atoms. The monoisotopic (exact) mass is 609 g/mol. The predicted octanol–water partition coefficient (Wildman–Crippen LogP) is 8.76. The van der Waals surface area contributed by atoms with E-state index in [0.717, 1.165) is 65.6 Å². The van der Waals surface area contributed by atoms with Crippen LogP contribution in [0.2, 0.25) is 0 Å². The zero-order valence-corrected chi connectivity index (χ0v) is 26.0. The van der Waals surface area contributed by atoms with E-state index < -0.39 is 11.7 Å². The van der Waals surface area contributed by atoms with Gasteiger partial charge in [-0.2, -0.15) is 13.2 Å². The number of hydrogen-bond acceptors (Lipinski definition) is 4. The lowest BCUT2D eigenvalue weighted by Gasteiger charge is -2.34. The molecule has 0 saturated carbocycles. The zero-order chi connectivity index (χ0) is 32.3. The summed E-state index contributed by atoms with van der Waals surface area (Å²) in [6.45, 7) is 10.6. The van der Waals surface area contributed by atoms with E-state index in [2.05, 4.69) is 23.6 Å². The van der Waals surface area contributed by atoms with Crippen LogP contribution in [0.4, 0.5) is 13.2 Å². The van der Waals surface area contributed by atoms with Crippen molar-refractivity contribution in [1.29, 1.82) is 0 Å². The minimum absolute atomic E-state index is 0.0990. The van der Waals surface area contributed by atoms with Gasteiger partial charge < -0.3 is 14.8 Å². The van der Waals surface area contributed by atoms with Crippen molar-refractivity contribution in [3.8, 4) is 16.9 Å². The summed E-state index contributed by atoms with van der Waals surface area (Å²) in [5.74, 6) is 0.0267. The lowest BCUT2D eigenvalue weighted by molar-refractivity contribution is -0.140. The molecule has 0 bridgehead atoms. The minimum atomic E-state index is -4.38. The Labute approximate surface area is 258 Å². The number of hydrogen-bond donors (Lipinski definition) is 1. The Morgan fingerprint density at radius 2 is 1.55 bits per heavy atom.